The van der Waals surface area contributed by atoms with Crippen LogP contribution in [0.15, 0.2) is 4.52 Å². The lowest BCUT2D eigenvalue weighted by Crippen LogP contribution is -2.36. The Balaban J connectivity index is 1.96. The molecule has 8 heteroatoms. The second-order valence-electron chi connectivity index (χ2n) is 4.42. The van der Waals surface area contributed by atoms with Crippen molar-refractivity contribution in [3.05, 3.63) is 11.7 Å². The van der Waals surface area contributed by atoms with Crippen molar-refractivity contribution in [2.24, 2.45) is 5.73 Å². The monoisotopic (exact) mass is 324 g/mol. The Bertz CT molecular complexity index is 389. The SMILES string of the molecule is NC(CN1CCCCC1)c1noc(C(F)(F)Br)n1. The van der Waals surface area contributed by atoms with Gasteiger partial charge < -0.3 is 15.2 Å². The van der Waals surface area contributed by atoms with Crippen LogP contribution >= 0.6 is 15.9 Å². The van der Waals surface area contributed by atoms with Crippen LogP contribution in [-0.4, -0.2) is 34.7 Å². The lowest BCUT2D eigenvalue weighted by atomic mass is 10.1. The van der Waals surface area contributed by atoms with Gasteiger partial charge in [-0.15, -0.1) is 0 Å². The van der Waals surface area contributed by atoms with Gasteiger partial charge in [-0.1, -0.05) is 11.6 Å². The average Bonchev–Trinajstić information content (AvgIpc) is 2.79. The van der Waals surface area contributed by atoms with Crippen molar-refractivity contribution < 1.29 is 13.3 Å². The van der Waals surface area contributed by atoms with E-state index in [0.29, 0.717) is 6.54 Å². The van der Waals surface area contributed by atoms with Gasteiger partial charge in [0.1, 0.15) is 0 Å². The second-order valence-corrected chi connectivity index (χ2v) is 5.42. The van der Waals surface area contributed by atoms with Crippen molar-refractivity contribution in [2.45, 2.75) is 30.1 Å². The van der Waals surface area contributed by atoms with E-state index in [4.69, 9.17) is 5.73 Å². The molecule has 2 N–H and O–H groups in total. The first kappa shape index (κ1) is 13.8. The molecule has 1 aliphatic rings. The fourth-order valence-electron chi connectivity index (χ4n) is 2.00. The third-order valence-electron chi connectivity index (χ3n) is 2.92. The van der Waals surface area contributed by atoms with Gasteiger partial charge in [-0.05, 0) is 25.9 Å². The summed E-state index contributed by atoms with van der Waals surface area (Å²) in [5.74, 6) is -0.638. The third kappa shape index (κ3) is 3.46. The van der Waals surface area contributed by atoms with Gasteiger partial charge in [0.15, 0.2) is 5.82 Å². The maximum absolute atomic E-state index is 12.9. The van der Waals surface area contributed by atoms with Gasteiger partial charge in [0.05, 0.1) is 6.04 Å². The largest absolute Gasteiger partial charge is 0.378 e. The molecule has 2 rings (SSSR count). The molecule has 1 aromatic rings. The van der Waals surface area contributed by atoms with E-state index in [1.807, 2.05) is 0 Å². The summed E-state index contributed by atoms with van der Waals surface area (Å²) in [6, 6.07) is -0.504. The van der Waals surface area contributed by atoms with Crippen LogP contribution < -0.4 is 5.73 Å². The molecule has 1 unspecified atom stereocenters. The van der Waals surface area contributed by atoms with Crippen LogP contribution in [0, 0.1) is 0 Å². The summed E-state index contributed by atoms with van der Waals surface area (Å²) in [7, 11) is 0. The predicted molar refractivity (Wildman–Crippen MR) is 64.3 cm³/mol. The van der Waals surface area contributed by atoms with Gasteiger partial charge in [0.2, 0.25) is 0 Å². The Labute approximate surface area is 112 Å². The molecular formula is C10H15BrF2N4O. The van der Waals surface area contributed by atoms with E-state index in [-0.39, 0.29) is 5.82 Å². The Morgan fingerprint density at radius 2 is 2.06 bits per heavy atom. The van der Waals surface area contributed by atoms with Gasteiger partial charge >= 0.3 is 10.7 Å². The zero-order valence-electron chi connectivity index (χ0n) is 9.78. The van der Waals surface area contributed by atoms with Crippen molar-refractivity contribution in [1.29, 1.82) is 0 Å². The number of likely N-dealkylation sites (tertiary alicyclic amines) is 1. The van der Waals surface area contributed by atoms with E-state index >= 15 is 0 Å². The Hall–Kier alpha value is -0.600. The molecule has 2 heterocycles. The number of alkyl halides is 3. The number of aromatic nitrogens is 2. The van der Waals surface area contributed by atoms with Gasteiger partial charge in [-0.25, -0.2) is 0 Å². The number of halogens is 3. The van der Waals surface area contributed by atoms with Crippen LogP contribution in [0.5, 0.6) is 0 Å². The van der Waals surface area contributed by atoms with Gasteiger partial charge in [0.25, 0.3) is 0 Å². The maximum Gasteiger partial charge on any atom is 0.378 e. The minimum Gasteiger partial charge on any atom is -0.331 e. The summed E-state index contributed by atoms with van der Waals surface area (Å²) in [4.78, 5) is 2.51. The number of nitrogens with zero attached hydrogens (tertiary/aromatic N) is 3. The average molecular weight is 325 g/mol. The first-order chi connectivity index (χ1) is 8.47. The van der Waals surface area contributed by atoms with Crippen LogP contribution in [0.25, 0.3) is 0 Å². The molecule has 1 saturated heterocycles. The van der Waals surface area contributed by atoms with Crippen LogP contribution in [0.4, 0.5) is 8.78 Å². The summed E-state index contributed by atoms with van der Waals surface area (Å²) < 4.78 is 30.2. The first-order valence-corrected chi connectivity index (χ1v) is 6.65. The van der Waals surface area contributed by atoms with E-state index in [1.165, 1.54) is 6.42 Å². The molecule has 5 nitrogen and oxygen atoms in total. The maximum atomic E-state index is 12.9. The number of nitrogens with two attached hydrogens (primary N) is 1. The molecule has 1 aromatic heterocycles. The van der Waals surface area contributed by atoms with Crippen LogP contribution in [0.2, 0.25) is 0 Å². The van der Waals surface area contributed by atoms with E-state index in [2.05, 4.69) is 35.5 Å². The standard InChI is InChI=1S/C10H15BrF2N4O/c11-10(12,13)9-15-8(16-18-9)7(14)6-17-4-2-1-3-5-17/h7H,1-6,14H2. The molecule has 0 aliphatic carbocycles. The normalized spacial score (nSPS) is 20.0. The molecule has 1 fully saturated rings. The topological polar surface area (TPSA) is 68.2 Å². The van der Waals surface area contributed by atoms with Crippen LogP contribution in [-0.2, 0) is 4.83 Å². The molecule has 1 aliphatic heterocycles. The molecule has 0 spiro atoms. The number of rotatable bonds is 4. The van der Waals surface area contributed by atoms with Crippen LogP contribution in [0.3, 0.4) is 0 Å². The molecule has 0 radical (unpaired) electrons. The lowest BCUT2D eigenvalue weighted by Gasteiger charge is -2.27. The highest BCUT2D eigenvalue weighted by Crippen LogP contribution is 2.33. The zero-order valence-corrected chi connectivity index (χ0v) is 11.4. The highest BCUT2D eigenvalue weighted by Gasteiger charge is 2.35. The van der Waals surface area contributed by atoms with Crippen molar-refractivity contribution in [3.63, 3.8) is 0 Å². The Kier molecular flexibility index (Phi) is 4.29. The Morgan fingerprint density at radius 1 is 1.39 bits per heavy atom. The van der Waals surface area contributed by atoms with Crippen molar-refractivity contribution in [2.75, 3.05) is 19.6 Å². The minimum atomic E-state index is -3.30. The zero-order chi connectivity index (χ0) is 13.2. The minimum absolute atomic E-state index is 0.120. The summed E-state index contributed by atoms with van der Waals surface area (Å²) in [6.07, 6.45) is 3.52. The van der Waals surface area contributed by atoms with E-state index in [9.17, 15) is 8.78 Å². The fourth-order valence-corrected chi connectivity index (χ4v) is 2.16. The fraction of sp³-hybridized carbons (Fsp3) is 0.800. The van der Waals surface area contributed by atoms with Crippen LogP contribution in [0.1, 0.15) is 37.0 Å². The summed E-state index contributed by atoms with van der Waals surface area (Å²) in [5.41, 5.74) is 5.90. The van der Waals surface area contributed by atoms with Crippen molar-refractivity contribution >= 4 is 15.9 Å². The van der Waals surface area contributed by atoms with E-state index in [0.717, 1.165) is 25.9 Å². The van der Waals surface area contributed by atoms with Gasteiger partial charge in [0, 0.05) is 22.5 Å². The van der Waals surface area contributed by atoms with E-state index in [1.54, 1.807) is 0 Å². The number of hydrogen-bond acceptors (Lipinski definition) is 5. The second kappa shape index (κ2) is 5.58. The molecule has 0 saturated carbocycles. The Morgan fingerprint density at radius 3 is 2.61 bits per heavy atom. The quantitative estimate of drug-likeness (QED) is 0.858. The molecule has 0 amide bonds. The summed E-state index contributed by atoms with van der Waals surface area (Å²) >= 11 is 2.17. The highest BCUT2D eigenvalue weighted by molar-refractivity contribution is 9.09. The number of hydrogen-bond donors (Lipinski definition) is 1. The third-order valence-corrected chi connectivity index (χ3v) is 3.26. The predicted octanol–water partition coefficient (Wildman–Crippen LogP) is 2.00. The molecule has 18 heavy (non-hydrogen) atoms. The summed E-state index contributed by atoms with van der Waals surface area (Å²) in [6.45, 7) is 2.52. The smallest absolute Gasteiger partial charge is 0.331 e. The van der Waals surface area contributed by atoms with Crippen molar-refractivity contribution in [3.8, 4) is 0 Å². The molecule has 0 bridgehead atoms. The lowest BCUT2D eigenvalue weighted by molar-refractivity contribution is 0.0725. The highest BCUT2D eigenvalue weighted by atomic mass is 79.9. The molecule has 0 aromatic carbocycles. The van der Waals surface area contributed by atoms with E-state index < -0.39 is 16.8 Å². The molecule has 102 valence electrons. The van der Waals surface area contributed by atoms with Gasteiger partial charge in [-0.2, -0.15) is 13.8 Å². The molecule has 1 atom stereocenters. The molecular weight excluding hydrogens is 310 g/mol. The summed E-state index contributed by atoms with van der Waals surface area (Å²) in [5, 5.41) is 3.50. The van der Waals surface area contributed by atoms with Gasteiger partial charge in [-0.3, -0.25) is 0 Å². The number of piperidine rings is 1. The van der Waals surface area contributed by atoms with Crippen molar-refractivity contribution in [1.82, 2.24) is 15.0 Å². The first-order valence-electron chi connectivity index (χ1n) is 5.85.